The Hall–Kier alpha value is -3.32. The molecule has 0 aromatic heterocycles. The van der Waals surface area contributed by atoms with Crippen molar-refractivity contribution < 1.29 is 19.6 Å². The highest BCUT2D eigenvalue weighted by molar-refractivity contribution is 7.98. The number of non-ortho nitro benzene ring substituents is 1. The summed E-state index contributed by atoms with van der Waals surface area (Å²) in [5, 5.41) is 19.8. The number of nitrogens with zero attached hydrogens (tertiary/aromatic N) is 1. The van der Waals surface area contributed by atoms with Gasteiger partial charge >= 0.3 is 6.16 Å². The molecule has 136 valence electrons. The highest BCUT2D eigenvalue weighted by Crippen LogP contribution is 2.35. The van der Waals surface area contributed by atoms with E-state index in [1.165, 1.54) is 30.0 Å². The third-order valence-corrected chi connectivity index (χ3v) is 4.90. The lowest BCUT2D eigenvalue weighted by atomic mass is 10.0. The van der Waals surface area contributed by atoms with Gasteiger partial charge in [-0.25, -0.2) is 4.79 Å². The van der Waals surface area contributed by atoms with Crippen molar-refractivity contribution in [1.29, 1.82) is 0 Å². The highest BCUT2D eigenvalue weighted by atomic mass is 32.2. The third kappa shape index (κ3) is 4.86. The van der Waals surface area contributed by atoms with Crippen LogP contribution in [0.4, 0.5) is 10.5 Å². The number of carbonyl (C=O) groups is 1. The van der Waals surface area contributed by atoms with Crippen LogP contribution in [0.15, 0.2) is 77.7 Å². The molecule has 27 heavy (non-hydrogen) atoms. The number of nitro benzene ring substituents is 1. The zero-order chi connectivity index (χ0) is 19.2. The van der Waals surface area contributed by atoms with E-state index in [1.54, 1.807) is 0 Å². The molecule has 3 aromatic carbocycles. The lowest BCUT2D eigenvalue weighted by Crippen LogP contribution is -2.04. The Bertz CT molecular complexity index is 958. The molecule has 0 amide bonds. The maximum Gasteiger partial charge on any atom is 0.511 e. The van der Waals surface area contributed by atoms with Crippen LogP contribution in [0.2, 0.25) is 0 Å². The van der Waals surface area contributed by atoms with Gasteiger partial charge in [0, 0.05) is 17.9 Å². The number of hydrogen-bond donors (Lipinski definition) is 1. The number of thioether (sulfide) groups is 1. The molecule has 0 bridgehead atoms. The smallest absolute Gasteiger partial charge is 0.449 e. The lowest BCUT2D eigenvalue weighted by Gasteiger charge is -2.08. The molecule has 6 nitrogen and oxygen atoms in total. The van der Waals surface area contributed by atoms with Gasteiger partial charge in [-0.05, 0) is 22.8 Å². The van der Waals surface area contributed by atoms with Gasteiger partial charge in [-0.3, -0.25) is 10.1 Å². The second-order valence-electron chi connectivity index (χ2n) is 5.61. The van der Waals surface area contributed by atoms with Crippen molar-refractivity contribution in [3.8, 4) is 16.9 Å². The summed E-state index contributed by atoms with van der Waals surface area (Å²) in [6.07, 6.45) is -1.46. The zero-order valence-electron chi connectivity index (χ0n) is 14.1. The van der Waals surface area contributed by atoms with Gasteiger partial charge in [0.15, 0.2) is 0 Å². The molecule has 0 atom stereocenters. The first-order valence-corrected chi connectivity index (χ1v) is 8.98. The summed E-state index contributed by atoms with van der Waals surface area (Å²) in [6.45, 7) is 0. The van der Waals surface area contributed by atoms with Crippen molar-refractivity contribution in [3.63, 3.8) is 0 Å². The fourth-order valence-electron chi connectivity index (χ4n) is 2.49. The maximum absolute atomic E-state index is 11.0. The summed E-state index contributed by atoms with van der Waals surface area (Å²) in [4.78, 5) is 21.7. The Balaban J connectivity index is 1.76. The predicted molar refractivity (Wildman–Crippen MR) is 103 cm³/mol. The van der Waals surface area contributed by atoms with E-state index >= 15 is 0 Å². The molecule has 0 unspecified atom stereocenters. The molecule has 0 saturated carbocycles. The monoisotopic (exact) mass is 381 g/mol. The summed E-state index contributed by atoms with van der Waals surface area (Å²) in [6, 6.07) is 21.8. The summed E-state index contributed by atoms with van der Waals surface area (Å²) >= 11 is 1.28. The SMILES string of the molecule is O=C(O)Oc1ccc([N+](=O)[O-])cc1SCc1ccc(-c2ccccc2)cc1. The van der Waals surface area contributed by atoms with Crippen LogP contribution in [0.1, 0.15) is 5.56 Å². The van der Waals surface area contributed by atoms with Gasteiger partial charge in [-0.15, -0.1) is 11.8 Å². The van der Waals surface area contributed by atoms with E-state index in [-0.39, 0.29) is 11.4 Å². The van der Waals surface area contributed by atoms with E-state index in [9.17, 15) is 14.9 Å². The van der Waals surface area contributed by atoms with Gasteiger partial charge in [0.1, 0.15) is 5.75 Å². The molecule has 0 radical (unpaired) electrons. The first-order chi connectivity index (χ1) is 13.0. The molecular formula is C20H15NO5S. The Morgan fingerprint density at radius 3 is 2.30 bits per heavy atom. The van der Waals surface area contributed by atoms with E-state index < -0.39 is 11.1 Å². The van der Waals surface area contributed by atoms with Crippen LogP contribution in [0.5, 0.6) is 5.75 Å². The minimum Gasteiger partial charge on any atom is -0.449 e. The summed E-state index contributed by atoms with van der Waals surface area (Å²) in [7, 11) is 0. The maximum atomic E-state index is 11.0. The van der Waals surface area contributed by atoms with Crippen LogP contribution in [-0.4, -0.2) is 16.2 Å². The molecule has 0 saturated heterocycles. The number of hydrogen-bond acceptors (Lipinski definition) is 5. The lowest BCUT2D eigenvalue weighted by molar-refractivity contribution is -0.385. The predicted octanol–water partition coefficient (Wildman–Crippen LogP) is 5.61. The Morgan fingerprint density at radius 2 is 1.67 bits per heavy atom. The standard InChI is InChI=1S/C20H15NO5S/c22-20(23)26-18-11-10-17(21(24)25)12-19(18)27-13-14-6-8-16(9-7-14)15-4-2-1-3-5-15/h1-12H,13H2,(H,22,23). The minimum absolute atomic E-state index is 0.0824. The van der Waals surface area contributed by atoms with Crippen molar-refractivity contribution in [1.82, 2.24) is 0 Å². The number of ether oxygens (including phenoxy) is 1. The van der Waals surface area contributed by atoms with Crippen molar-refractivity contribution >= 4 is 23.6 Å². The first-order valence-electron chi connectivity index (χ1n) is 7.99. The third-order valence-electron chi connectivity index (χ3n) is 3.79. The second-order valence-corrected chi connectivity index (χ2v) is 6.62. The molecule has 0 fully saturated rings. The molecule has 0 spiro atoms. The quantitative estimate of drug-likeness (QED) is 0.196. The zero-order valence-corrected chi connectivity index (χ0v) is 14.9. The normalized spacial score (nSPS) is 10.4. The van der Waals surface area contributed by atoms with Gasteiger partial charge in [0.2, 0.25) is 0 Å². The molecule has 0 heterocycles. The molecule has 0 aliphatic rings. The van der Waals surface area contributed by atoms with Crippen molar-refractivity contribution in [2.75, 3.05) is 0 Å². The molecule has 0 aliphatic carbocycles. The van der Waals surface area contributed by atoms with Gasteiger partial charge in [0.05, 0.1) is 9.82 Å². The fraction of sp³-hybridized carbons (Fsp3) is 0.0500. The van der Waals surface area contributed by atoms with Crippen molar-refractivity contribution in [2.24, 2.45) is 0 Å². The number of benzene rings is 3. The van der Waals surface area contributed by atoms with E-state index in [0.717, 1.165) is 16.7 Å². The van der Waals surface area contributed by atoms with Crippen molar-refractivity contribution in [3.05, 3.63) is 88.5 Å². The fourth-order valence-corrected chi connectivity index (χ4v) is 3.46. The van der Waals surface area contributed by atoms with Crippen LogP contribution in [0.3, 0.4) is 0 Å². The molecule has 1 N–H and O–H groups in total. The summed E-state index contributed by atoms with van der Waals surface area (Å²) in [5.41, 5.74) is 3.10. The highest BCUT2D eigenvalue weighted by Gasteiger charge is 2.14. The summed E-state index contributed by atoms with van der Waals surface area (Å²) < 4.78 is 4.72. The van der Waals surface area contributed by atoms with Crippen LogP contribution in [0, 0.1) is 10.1 Å². The van der Waals surface area contributed by atoms with Crippen molar-refractivity contribution in [2.45, 2.75) is 10.6 Å². The molecular weight excluding hydrogens is 366 g/mol. The van der Waals surface area contributed by atoms with Gasteiger partial charge in [-0.1, -0.05) is 54.6 Å². The van der Waals surface area contributed by atoms with E-state index in [1.807, 2.05) is 54.6 Å². The van der Waals surface area contributed by atoms with E-state index in [0.29, 0.717) is 10.6 Å². The molecule has 7 heteroatoms. The number of nitro groups is 1. The Labute approximate surface area is 159 Å². The van der Waals surface area contributed by atoms with E-state index in [4.69, 9.17) is 9.84 Å². The minimum atomic E-state index is -1.46. The Kier molecular flexibility index (Phi) is 5.73. The van der Waals surface area contributed by atoms with Crippen LogP contribution in [0.25, 0.3) is 11.1 Å². The van der Waals surface area contributed by atoms with Gasteiger partial charge in [-0.2, -0.15) is 0 Å². The molecule has 0 aliphatic heterocycles. The summed E-state index contributed by atoms with van der Waals surface area (Å²) in [5.74, 6) is 0.602. The average Bonchev–Trinajstić information content (AvgIpc) is 2.67. The van der Waals surface area contributed by atoms with Gasteiger partial charge < -0.3 is 9.84 Å². The first kappa shape index (κ1) is 18.5. The topological polar surface area (TPSA) is 89.7 Å². The molecule has 3 aromatic rings. The number of rotatable bonds is 6. The second kappa shape index (κ2) is 8.37. The largest absolute Gasteiger partial charge is 0.511 e. The average molecular weight is 381 g/mol. The Morgan fingerprint density at radius 1 is 1.00 bits per heavy atom. The van der Waals surface area contributed by atoms with Crippen LogP contribution >= 0.6 is 11.8 Å². The van der Waals surface area contributed by atoms with Gasteiger partial charge in [0.25, 0.3) is 5.69 Å². The number of carboxylic acid groups (broad SMARTS) is 1. The van der Waals surface area contributed by atoms with Crippen LogP contribution < -0.4 is 4.74 Å². The van der Waals surface area contributed by atoms with Crippen LogP contribution in [-0.2, 0) is 5.75 Å². The molecule has 3 rings (SSSR count). The van der Waals surface area contributed by atoms with E-state index in [2.05, 4.69) is 0 Å².